The van der Waals surface area contributed by atoms with Crippen molar-refractivity contribution in [3.8, 4) is 11.6 Å². The fourth-order valence-electron chi connectivity index (χ4n) is 2.31. The Morgan fingerprint density at radius 3 is 2.78 bits per heavy atom. The van der Waals surface area contributed by atoms with Gasteiger partial charge in [0.2, 0.25) is 0 Å². The van der Waals surface area contributed by atoms with Crippen LogP contribution in [0.2, 0.25) is 0 Å². The van der Waals surface area contributed by atoms with E-state index in [0.717, 1.165) is 10.9 Å². The molecule has 0 saturated heterocycles. The van der Waals surface area contributed by atoms with Gasteiger partial charge in [0.15, 0.2) is 0 Å². The van der Waals surface area contributed by atoms with E-state index in [2.05, 4.69) is 4.98 Å². The Morgan fingerprint density at radius 2 is 2.04 bits per heavy atom. The van der Waals surface area contributed by atoms with Gasteiger partial charge in [0.05, 0.1) is 4.92 Å². The summed E-state index contributed by atoms with van der Waals surface area (Å²) in [5.41, 5.74) is 1.06. The van der Waals surface area contributed by atoms with Gasteiger partial charge >= 0.3 is 11.3 Å². The molecular weight excluding hydrogens is 300 g/mol. The molecule has 1 aromatic carbocycles. The summed E-state index contributed by atoms with van der Waals surface area (Å²) in [6.07, 6.45) is 1.41. The summed E-state index contributed by atoms with van der Waals surface area (Å²) in [4.78, 5) is 25.9. The SMILES string of the molecule is Cc1cc(=O)oc2c(C)c(Oc3ncccc3[N+](=O)[O-])ccc12. The Hall–Kier alpha value is -3.22. The number of nitro groups is 1. The quantitative estimate of drug-likeness (QED) is 0.417. The van der Waals surface area contributed by atoms with Gasteiger partial charge < -0.3 is 9.15 Å². The van der Waals surface area contributed by atoms with Crippen molar-refractivity contribution in [3.05, 3.63) is 68.2 Å². The second-order valence-corrected chi connectivity index (χ2v) is 5.00. The third kappa shape index (κ3) is 2.64. The Labute approximate surface area is 130 Å². The van der Waals surface area contributed by atoms with E-state index in [-0.39, 0.29) is 11.6 Å². The van der Waals surface area contributed by atoms with Crippen LogP contribution in [0.1, 0.15) is 11.1 Å². The first-order valence-electron chi connectivity index (χ1n) is 6.78. The van der Waals surface area contributed by atoms with Crippen LogP contribution in [0.15, 0.2) is 45.7 Å². The molecule has 7 nitrogen and oxygen atoms in total. The number of rotatable bonds is 3. The number of benzene rings is 1. The number of aryl methyl sites for hydroxylation is 2. The monoisotopic (exact) mass is 312 g/mol. The largest absolute Gasteiger partial charge is 0.433 e. The number of fused-ring (bicyclic) bond motifs is 1. The Balaban J connectivity index is 2.14. The first-order valence-corrected chi connectivity index (χ1v) is 6.78. The molecular formula is C16H12N2O5. The highest BCUT2D eigenvalue weighted by molar-refractivity contribution is 5.84. The van der Waals surface area contributed by atoms with Gasteiger partial charge in [-0.25, -0.2) is 9.78 Å². The molecule has 23 heavy (non-hydrogen) atoms. The van der Waals surface area contributed by atoms with Gasteiger partial charge in [-0.2, -0.15) is 0 Å². The lowest BCUT2D eigenvalue weighted by atomic mass is 10.1. The van der Waals surface area contributed by atoms with E-state index < -0.39 is 10.5 Å². The van der Waals surface area contributed by atoms with Crippen molar-refractivity contribution in [2.24, 2.45) is 0 Å². The van der Waals surface area contributed by atoms with Gasteiger partial charge in [-0.1, -0.05) is 0 Å². The Kier molecular flexibility index (Phi) is 3.53. The highest BCUT2D eigenvalue weighted by Gasteiger charge is 2.18. The highest BCUT2D eigenvalue weighted by atomic mass is 16.6. The molecule has 116 valence electrons. The van der Waals surface area contributed by atoms with E-state index in [1.807, 2.05) is 6.92 Å². The molecule has 0 unspecified atom stereocenters. The van der Waals surface area contributed by atoms with Gasteiger partial charge in [-0.05, 0) is 37.6 Å². The van der Waals surface area contributed by atoms with Gasteiger partial charge in [-0.15, -0.1) is 0 Å². The topological polar surface area (TPSA) is 95.5 Å². The molecule has 7 heteroatoms. The Bertz CT molecular complexity index is 978. The van der Waals surface area contributed by atoms with E-state index in [1.54, 1.807) is 19.1 Å². The summed E-state index contributed by atoms with van der Waals surface area (Å²) in [5.74, 6) is 0.225. The van der Waals surface area contributed by atoms with Gasteiger partial charge in [0.1, 0.15) is 11.3 Å². The third-order valence-electron chi connectivity index (χ3n) is 3.47. The van der Waals surface area contributed by atoms with E-state index in [9.17, 15) is 14.9 Å². The predicted octanol–water partition coefficient (Wildman–Crippen LogP) is 3.51. The minimum atomic E-state index is -0.566. The normalized spacial score (nSPS) is 10.7. The standard InChI is InChI=1S/C16H12N2O5/c1-9-8-14(19)23-15-10(2)13(6-5-11(9)15)22-16-12(18(20)21)4-3-7-17-16/h3-8H,1-2H3. The molecule has 3 rings (SSSR count). The molecule has 0 amide bonds. The molecule has 0 aliphatic carbocycles. The van der Waals surface area contributed by atoms with Crippen molar-refractivity contribution in [1.29, 1.82) is 0 Å². The number of hydrogen-bond acceptors (Lipinski definition) is 6. The van der Waals surface area contributed by atoms with Gasteiger partial charge in [0.25, 0.3) is 5.88 Å². The smallest absolute Gasteiger partial charge is 0.336 e. The molecule has 0 saturated carbocycles. The summed E-state index contributed by atoms with van der Waals surface area (Å²) in [6.45, 7) is 3.53. The molecule has 0 aliphatic rings. The van der Waals surface area contributed by atoms with Crippen LogP contribution >= 0.6 is 0 Å². The zero-order valence-electron chi connectivity index (χ0n) is 12.4. The molecule has 0 aliphatic heterocycles. The number of nitrogens with zero attached hydrogens (tertiary/aromatic N) is 2. The Morgan fingerprint density at radius 1 is 1.26 bits per heavy atom. The summed E-state index contributed by atoms with van der Waals surface area (Å²) in [7, 11) is 0. The zero-order valence-corrected chi connectivity index (χ0v) is 12.4. The number of hydrogen-bond donors (Lipinski definition) is 0. The van der Waals surface area contributed by atoms with Crippen LogP contribution in [0.3, 0.4) is 0 Å². The molecule has 0 spiro atoms. The van der Waals surface area contributed by atoms with Crippen molar-refractivity contribution in [3.63, 3.8) is 0 Å². The van der Waals surface area contributed by atoms with Crippen LogP contribution in [0.25, 0.3) is 11.0 Å². The summed E-state index contributed by atoms with van der Waals surface area (Å²) in [5, 5.41) is 11.8. The van der Waals surface area contributed by atoms with Gasteiger partial charge in [0, 0.05) is 29.3 Å². The fraction of sp³-hybridized carbons (Fsp3) is 0.125. The fourth-order valence-corrected chi connectivity index (χ4v) is 2.31. The van der Waals surface area contributed by atoms with Crippen molar-refractivity contribution >= 4 is 16.7 Å². The summed E-state index contributed by atoms with van der Waals surface area (Å²) >= 11 is 0. The summed E-state index contributed by atoms with van der Waals surface area (Å²) < 4.78 is 10.8. The number of aromatic nitrogens is 1. The van der Waals surface area contributed by atoms with E-state index in [4.69, 9.17) is 9.15 Å². The molecule has 0 fully saturated rings. The van der Waals surface area contributed by atoms with Gasteiger partial charge in [-0.3, -0.25) is 10.1 Å². The minimum Gasteiger partial charge on any atom is -0.433 e. The maximum atomic E-state index is 11.6. The predicted molar refractivity (Wildman–Crippen MR) is 82.9 cm³/mol. The van der Waals surface area contributed by atoms with Crippen LogP contribution in [-0.4, -0.2) is 9.91 Å². The number of ether oxygens (including phenoxy) is 1. The second-order valence-electron chi connectivity index (χ2n) is 5.00. The molecule has 0 bridgehead atoms. The first kappa shape index (κ1) is 14.7. The zero-order chi connectivity index (χ0) is 16.6. The van der Waals surface area contributed by atoms with Crippen LogP contribution < -0.4 is 10.4 Å². The average molecular weight is 312 g/mol. The first-order chi connectivity index (χ1) is 11.0. The summed E-state index contributed by atoms with van der Waals surface area (Å²) in [6, 6.07) is 7.59. The third-order valence-corrected chi connectivity index (χ3v) is 3.47. The molecule has 0 radical (unpaired) electrons. The van der Waals surface area contributed by atoms with Crippen LogP contribution in [0, 0.1) is 24.0 Å². The van der Waals surface area contributed by atoms with Crippen molar-refractivity contribution in [2.75, 3.05) is 0 Å². The van der Waals surface area contributed by atoms with Crippen LogP contribution in [0.5, 0.6) is 11.6 Å². The molecule has 2 aromatic heterocycles. The lowest BCUT2D eigenvalue weighted by Gasteiger charge is -2.10. The van der Waals surface area contributed by atoms with E-state index >= 15 is 0 Å². The average Bonchev–Trinajstić information content (AvgIpc) is 2.51. The molecule has 2 heterocycles. The lowest BCUT2D eigenvalue weighted by molar-refractivity contribution is -0.386. The number of pyridine rings is 1. The van der Waals surface area contributed by atoms with E-state index in [0.29, 0.717) is 16.9 Å². The van der Waals surface area contributed by atoms with Crippen molar-refractivity contribution in [1.82, 2.24) is 4.98 Å². The maximum Gasteiger partial charge on any atom is 0.336 e. The maximum absolute atomic E-state index is 11.6. The highest BCUT2D eigenvalue weighted by Crippen LogP contribution is 2.33. The lowest BCUT2D eigenvalue weighted by Crippen LogP contribution is -2.00. The molecule has 3 aromatic rings. The van der Waals surface area contributed by atoms with Crippen LogP contribution in [0.4, 0.5) is 5.69 Å². The van der Waals surface area contributed by atoms with Crippen molar-refractivity contribution in [2.45, 2.75) is 13.8 Å². The molecule has 0 atom stereocenters. The minimum absolute atomic E-state index is 0.116. The second kappa shape index (κ2) is 5.53. The van der Waals surface area contributed by atoms with E-state index in [1.165, 1.54) is 24.4 Å². The van der Waals surface area contributed by atoms with Crippen molar-refractivity contribution < 1.29 is 14.1 Å². The molecule has 0 N–H and O–H groups in total. The van der Waals surface area contributed by atoms with Crippen LogP contribution in [-0.2, 0) is 0 Å².